The zero-order chi connectivity index (χ0) is 22.6. The van der Waals surface area contributed by atoms with Crippen molar-refractivity contribution in [2.45, 2.75) is 63.6 Å². The maximum atomic E-state index is 13.5. The van der Waals surface area contributed by atoms with Crippen LogP contribution in [-0.4, -0.2) is 49.9 Å². The average Bonchev–Trinajstić information content (AvgIpc) is 3.26. The summed E-state index contributed by atoms with van der Waals surface area (Å²) in [5.74, 6) is -0.655. The SMILES string of the molecule is CS(=O)(=O)NC(C(=O)N1CCCC1C(=O)c1cc(C#N)ccc1CN)C1CCCCC1. The Hall–Kier alpha value is -2.28. The second kappa shape index (κ2) is 9.90. The Morgan fingerprint density at radius 2 is 1.94 bits per heavy atom. The van der Waals surface area contributed by atoms with E-state index in [4.69, 9.17) is 5.73 Å². The molecule has 168 valence electrons. The van der Waals surface area contributed by atoms with Crippen LogP contribution >= 0.6 is 0 Å². The number of carbonyl (C=O) groups excluding carboxylic acids is 2. The van der Waals surface area contributed by atoms with Gasteiger partial charge in [-0.1, -0.05) is 25.3 Å². The summed E-state index contributed by atoms with van der Waals surface area (Å²) >= 11 is 0. The van der Waals surface area contributed by atoms with Gasteiger partial charge in [0, 0.05) is 18.7 Å². The largest absolute Gasteiger partial charge is 0.331 e. The number of nitriles is 1. The van der Waals surface area contributed by atoms with E-state index in [9.17, 15) is 23.3 Å². The molecule has 1 saturated heterocycles. The summed E-state index contributed by atoms with van der Waals surface area (Å²) in [6.07, 6.45) is 6.80. The van der Waals surface area contributed by atoms with E-state index < -0.39 is 22.1 Å². The summed E-state index contributed by atoms with van der Waals surface area (Å²) in [4.78, 5) is 28.4. The van der Waals surface area contributed by atoms with Gasteiger partial charge in [-0.15, -0.1) is 0 Å². The first-order valence-electron chi connectivity index (χ1n) is 10.8. The van der Waals surface area contributed by atoms with Crippen LogP contribution in [0.25, 0.3) is 0 Å². The Balaban J connectivity index is 1.89. The van der Waals surface area contributed by atoms with Gasteiger partial charge in [-0.3, -0.25) is 9.59 Å². The molecule has 1 aromatic carbocycles. The summed E-state index contributed by atoms with van der Waals surface area (Å²) in [7, 11) is -3.59. The third-order valence-electron chi connectivity index (χ3n) is 6.29. The first-order chi connectivity index (χ1) is 14.7. The second-order valence-electron chi connectivity index (χ2n) is 8.51. The Labute approximate surface area is 183 Å². The molecule has 2 atom stereocenters. The molecule has 0 radical (unpaired) electrons. The van der Waals surface area contributed by atoms with Gasteiger partial charge < -0.3 is 10.6 Å². The lowest BCUT2D eigenvalue weighted by Crippen LogP contribution is -2.54. The van der Waals surface area contributed by atoms with Crippen LogP contribution in [0.5, 0.6) is 0 Å². The maximum Gasteiger partial charge on any atom is 0.241 e. The fraction of sp³-hybridized carbons (Fsp3) is 0.591. The number of rotatable bonds is 7. The highest BCUT2D eigenvalue weighted by molar-refractivity contribution is 7.88. The Bertz CT molecular complexity index is 980. The van der Waals surface area contributed by atoms with Crippen LogP contribution in [0, 0.1) is 17.2 Å². The van der Waals surface area contributed by atoms with Gasteiger partial charge in [0.15, 0.2) is 5.78 Å². The Morgan fingerprint density at radius 1 is 1.23 bits per heavy atom. The van der Waals surface area contributed by atoms with Gasteiger partial charge in [0.25, 0.3) is 0 Å². The van der Waals surface area contributed by atoms with Gasteiger partial charge in [-0.2, -0.15) is 5.26 Å². The molecule has 3 rings (SSSR count). The molecule has 1 aliphatic heterocycles. The third-order valence-corrected chi connectivity index (χ3v) is 6.97. The van der Waals surface area contributed by atoms with E-state index in [0.29, 0.717) is 36.1 Å². The van der Waals surface area contributed by atoms with Crippen molar-refractivity contribution >= 4 is 21.7 Å². The van der Waals surface area contributed by atoms with E-state index >= 15 is 0 Å². The van der Waals surface area contributed by atoms with Crippen LogP contribution in [0.4, 0.5) is 0 Å². The number of carbonyl (C=O) groups is 2. The van der Waals surface area contributed by atoms with E-state index in [1.54, 1.807) is 12.1 Å². The topological polar surface area (TPSA) is 133 Å². The number of ketones is 1. The highest BCUT2D eigenvalue weighted by Gasteiger charge is 2.41. The summed E-state index contributed by atoms with van der Waals surface area (Å²) < 4.78 is 26.6. The van der Waals surface area contributed by atoms with Gasteiger partial charge >= 0.3 is 0 Å². The van der Waals surface area contributed by atoms with Gasteiger partial charge in [-0.05, 0) is 49.3 Å². The first kappa shape index (κ1) is 23.4. The van der Waals surface area contributed by atoms with Gasteiger partial charge in [0.2, 0.25) is 15.9 Å². The zero-order valence-electron chi connectivity index (χ0n) is 17.8. The number of hydrogen-bond acceptors (Lipinski definition) is 6. The number of sulfonamides is 1. The lowest BCUT2D eigenvalue weighted by Gasteiger charge is -2.34. The molecule has 1 aliphatic carbocycles. The molecule has 1 heterocycles. The molecule has 8 nitrogen and oxygen atoms in total. The van der Waals surface area contributed by atoms with E-state index in [0.717, 1.165) is 38.4 Å². The van der Waals surface area contributed by atoms with Crippen molar-refractivity contribution in [2.24, 2.45) is 11.7 Å². The van der Waals surface area contributed by atoms with Crippen LogP contribution in [0.2, 0.25) is 0 Å². The first-order valence-corrected chi connectivity index (χ1v) is 12.7. The van der Waals surface area contributed by atoms with Crippen molar-refractivity contribution in [2.75, 3.05) is 12.8 Å². The molecule has 1 saturated carbocycles. The fourth-order valence-electron chi connectivity index (χ4n) is 4.76. The molecule has 0 spiro atoms. The molecule has 3 N–H and O–H groups in total. The lowest BCUT2D eigenvalue weighted by molar-refractivity contribution is -0.134. The summed E-state index contributed by atoms with van der Waals surface area (Å²) in [5.41, 5.74) is 7.14. The molecular formula is C22H30N4O4S. The van der Waals surface area contributed by atoms with E-state index in [1.165, 1.54) is 11.0 Å². The number of nitrogens with two attached hydrogens (primary N) is 1. The normalized spacial score (nSPS) is 20.9. The lowest BCUT2D eigenvalue weighted by atomic mass is 9.83. The highest BCUT2D eigenvalue weighted by Crippen LogP contribution is 2.30. The van der Waals surface area contributed by atoms with Crippen molar-refractivity contribution in [3.8, 4) is 6.07 Å². The third kappa shape index (κ3) is 5.50. The maximum absolute atomic E-state index is 13.5. The number of amides is 1. The number of benzene rings is 1. The number of likely N-dealkylation sites (tertiary alicyclic amines) is 1. The van der Waals surface area contributed by atoms with Crippen LogP contribution in [0.1, 0.15) is 66.4 Å². The van der Waals surface area contributed by atoms with E-state index in [-0.39, 0.29) is 24.2 Å². The minimum atomic E-state index is -3.59. The van der Waals surface area contributed by atoms with Gasteiger partial charge in [-0.25, -0.2) is 13.1 Å². The van der Waals surface area contributed by atoms with E-state index in [1.807, 2.05) is 6.07 Å². The molecule has 2 fully saturated rings. The van der Waals surface area contributed by atoms with Crippen LogP contribution in [0.15, 0.2) is 18.2 Å². The second-order valence-corrected chi connectivity index (χ2v) is 10.3. The Kier molecular flexibility index (Phi) is 7.46. The number of hydrogen-bond donors (Lipinski definition) is 2. The molecule has 1 aromatic rings. The van der Waals surface area contributed by atoms with Gasteiger partial charge in [0.05, 0.1) is 23.9 Å². The molecule has 31 heavy (non-hydrogen) atoms. The predicted octanol–water partition coefficient (Wildman–Crippen LogP) is 1.69. The molecule has 2 aliphatic rings. The molecule has 1 amide bonds. The number of nitrogens with one attached hydrogen (secondary N) is 1. The average molecular weight is 447 g/mol. The van der Waals surface area contributed by atoms with Crippen LogP contribution in [0.3, 0.4) is 0 Å². The fourth-order valence-corrected chi connectivity index (χ4v) is 5.52. The quantitative estimate of drug-likeness (QED) is 0.612. The zero-order valence-corrected chi connectivity index (χ0v) is 18.7. The summed E-state index contributed by atoms with van der Waals surface area (Å²) in [6.45, 7) is 0.549. The van der Waals surface area contributed by atoms with Crippen molar-refractivity contribution < 1.29 is 18.0 Å². The van der Waals surface area contributed by atoms with Crippen LogP contribution < -0.4 is 10.5 Å². The van der Waals surface area contributed by atoms with Crippen molar-refractivity contribution in [1.29, 1.82) is 5.26 Å². The summed E-state index contributed by atoms with van der Waals surface area (Å²) in [5, 5.41) is 9.22. The monoisotopic (exact) mass is 446 g/mol. The van der Waals surface area contributed by atoms with Crippen molar-refractivity contribution in [3.63, 3.8) is 0 Å². The van der Waals surface area contributed by atoms with Crippen molar-refractivity contribution in [3.05, 3.63) is 34.9 Å². The molecule has 2 unspecified atom stereocenters. The highest BCUT2D eigenvalue weighted by atomic mass is 32.2. The van der Waals surface area contributed by atoms with Crippen LogP contribution in [-0.2, 0) is 21.4 Å². The predicted molar refractivity (Wildman–Crippen MR) is 116 cm³/mol. The minimum absolute atomic E-state index is 0.0751. The van der Waals surface area contributed by atoms with Crippen molar-refractivity contribution in [1.82, 2.24) is 9.62 Å². The van der Waals surface area contributed by atoms with E-state index in [2.05, 4.69) is 4.72 Å². The number of nitrogens with zero attached hydrogens (tertiary/aromatic N) is 2. The standard InChI is InChI=1S/C22H30N4O4S/c1-31(29,30)25-20(16-6-3-2-4-7-16)22(28)26-11-5-8-19(26)21(27)18-12-15(13-23)9-10-17(18)14-24/h9-10,12,16,19-20,25H,2-8,11,14,24H2,1H3. The molecular weight excluding hydrogens is 416 g/mol. The molecule has 0 aromatic heterocycles. The minimum Gasteiger partial charge on any atom is -0.331 e. The Morgan fingerprint density at radius 3 is 2.55 bits per heavy atom. The number of Topliss-reactive ketones (excluding diaryl/α,β-unsaturated/α-hetero) is 1. The smallest absolute Gasteiger partial charge is 0.241 e. The molecule has 9 heteroatoms. The molecule has 0 bridgehead atoms. The summed E-state index contributed by atoms with van der Waals surface area (Å²) in [6, 6.07) is 5.31. The van der Waals surface area contributed by atoms with Gasteiger partial charge in [0.1, 0.15) is 6.04 Å².